The van der Waals surface area contributed by atoms with Gasteiger partial charge < -0.3 is 10.1 Å². The fourth-order valence-electron chi connectivity index (χ4n) is 2.06. The molecule has 1 aromatic carbocycles. The Morgan fingerprint density at radius 1 is 1.28 bits per heavy atom. The lowest BCUT2D eigenvalue weighted by atomic mass is 10.0. The molecule has 1 N–H and O–H groups in total. The molecule has 0 amide bonds. The first-order valence-corrected chi connectivity index (χ1v) is 6.34. The lowest BCUT2D eigenvalue weighted by molar-refractivity contribution is 0.0629. The minimum Gasteiger partial charge on any atom is -0.377 e. The van der Waals surface area contributed by atoms with Gasteiger partial charge in [-0.25, -0.2) is 0 Å². The maximum atomic E-state index is 5.72. The smallest absolute Gasteiger partial charge is 0.0665 e. The van der Waals surface area contributed by atoms with Crippen molar-refractivity contribution in [2.45, 2.75) is 26.0 Å². The van der Waals surface area contributed by atoms with Gasteiger partial charge >= 0.3 is 0 Å². The van der Waals surface area contributed by atoms with Gasteiger partial charge in [0.1, 0.15) is 0 Å². The van der Waals surface area contributed by atoms with E-state index in [1.807, 2.05) is 25.5 Å². The minimum absolute atomic E-state index is 0.195. The summed E-state index contributed by atoms with van der Waals surface area (Å²) in [6.07, 6.45) is 3.99. The summed E-state index contributed by atoms with van der Waals surface area (Å²) in [5.41, 5.74) is 1.24. The fraction of sp³-hybridized carbons (Fsp3) is 0.400. The Kier molecular flexibility index (Phi) is 4.28. The van der Waals surface area contributed by atoms with Crippen molar-refractivity contribution in [2.75, 3.05) is 13.7 Å². The Bertz CT molecular complexity index is 505. The number of nitrogens with zero attached hydrogens (tertiary/aromatic N) is 1. The minimum atomic E-state index is 0.195. The van der Waals surface area contributed by atoms with Crippen LogP contribution in [-0.4, -0.2) is 24.7 Å². The standard InChI is InChI=1S/C15H20N2O/c1-11(2)18-10-15(16-3)13-6-4-5-12-7-8-17-9-14(12)13/h4-9,11,15-16H,10H2,1-3H3. The highest BCUT2D eigenvalue weighted by Gasteiger charge is 2.13. The molecule has 0 aliphatic heterocycles. The predicted molar refractivity (Wildman–Crippen MR) is 74.6 cm³/mol. The van der Waals surface area contributed by atoms with Gasteiger partial charge in [0, 0.05) is 17.8 Å². The van der Waals surface area contributed by atoms with Crippen molar-refractivity contribution < 1.29 is 4.74 Å². The highest BCUT2D eigenvalue weighted by atomic mass is 16.5. The molecule has 3 heteroatoms. The molecule has 2 aromatic rings. The van der Waals surface area contributed by atoms with Gasteiger partial charge in [0.15, 0.2) is 0 Å². The van der Waals surface area contributed by atoms with Gasteiger partial charge in [-0.2, -0.15) is 0 Å². The summed E-state index contributed by atoms with van der Waals surface area (Å²) in [5.74, 6) is 0. The van der Waals surface area contributed by atoms with Crippen LogP contribution < -0.4 is 5.32 Å². The van der Waals surface area contributed by atoms with Gasteiger partial charge in [-0.1, -0.05) is 18.2 Å². The van der Waals surface area contributed by atoms with Gasteiger partial charge in [-0.05, 0) is 37.9 Å². The first-order valence-electron chi connectivity index (χ1n) is 6.34. The van der Waals surface area contributed by atoms with Crippen LogP contribution in [0.15, 0.2) is 36.7 Å². The molecule has 0 saturated heterocycles. The summed E-state index contributed by atoms with van der Waals surface area (Å²) in [4.78, 5) is 4.22. The second-order valence-corrected chi connectivity index (χ2v) is 4.67. The second-order valence-electron chi connectivity index (χ2n) is 4.67. The van der Waals surface area contributed by atoms with E-state index in [2.05, 4.69) is 42.3 Å². The van der Waals surface area contributed by atoms with Crippen LogP contribution in [0, 0.1) is 0 Å². The maximum Gasteiger partial charge on any atom is 0.0665 e. The molecule has 0 radical (unpaired) electrons. The predicted octanol–water partition coefficient (Wildman–Crippen LogP) is 2.92. The Balaban J connectivity index is 2.32. The molecule has 0 aliphatic rings. The molecule has 18 heavy (non-hydrogen) atoms. The van der Waals surface area contributed by atoms with Crippen molar-refractivity contribution >= 4 is 10.8 Å². The number of benzene rings is 1. The molecule has 0 bridgehead atoms. The number of hydrogen-bond acceptors (Lipinski definition) is 3. The molecule has 96 valence electrons. The van der Waals surface area contributed by atoms with Crippen molar-refractivity contribution in [1.82, 2.24) is 10.3 Å². The first-order chi connectivity index (χ1) is 8.72. The highest BCUT2D eigenvalue weighted by molar-refractivity contribution is 5.85. The zero-order valence-corrected chi connectivity index (χ0v) is 11.2. The largest absolute Gasteiger partial charge is 0.377 e. The van der Waals surface area contributed by atoms with Crippen LogP contribution >= 0.6 is 0 Å². The summed E-state index contributed by atoms with van der Waals surface area (Å²) in [5, 5.41) is 5.71. The number of likely N-dealkylation sites (N-methyl/N-ethyl adjacent to an activating group) is 1. The van der Waals surface area contributed by atoms with Crippen LogP contribution in [-0.2, 0) is 4.74 Å². The van der Waals surface area contributed by atoms with Crippen LogP contribution in [0.4, 0.5) is 0 Å². The lowest BCUT2D eigenvalue weighted by Crippen LogP contribution is -2.23. The van der Waals surface area contributed by atoms with E-state index in [-0.39, 0.29) is 12.1 Å². The molecule has 1 atom stereocenters. The summed E-state index contributed by atoms with van der Waals surface area (Å²) >= 11 is 0. The van der Waals surface area contributed by atoms with E-state index in [1.54, 1.807) is 0 Å². The number of ether oxygens (including phenoxy) is 1. The van der Waals surface area contributed by atoms with Gasteiger partial charge in [-0.15, -0.1) is 0 Å². The summed E-state index contributed by atoms with van der Waals surface area (Å²) in [7, 11) is 1.96. The zero-order valence-electron chi connectivity index (χ0n) is 11.2. The first kappa shape index (κ1) is 13.0. The molecule has 2 rings (SSSR count). The highest BCUT2D eigenvalue weighted by Crippen LogP contribution is 2.23. The molecular formula is C15H20N2O. The molecule has 1 aromatic heterocycles. The number of hydrogen-bond donors (Lipinski definition) is 1. The molecular weight excluding hydrogens is 224 g/mol. The van der Waals surface area contributed by atoms with Gasteiger partial charge in [0.25, 0.3) is 0 Å². The number of nitrogens with one attached hydrogen (secondary N) is 1. The molecule has 3 nitrogen and oxygen atoms in total. The van der Waals surface area contributed by atoms with Crippen molar-refractivity contribution in [1.29, 1.82) is 0 Å². The Morgan fingerprint density at radius 2 is 2.11 bits per heavy atom. The van der Waals surface area contributed by atoms with Crippen molar-refractivity contribution in [2.24, 2.45) is 0 Å². The summed E-state index contributed by atoms with van der Waals surface area (Å²) in [6, 6.07) is 8.55. The molecule has 1 unspecified atom stereocenters. The third kappa shape index (κ3) is 2.86. The Hall–Kier alpha value is -1.45. The van der Waals surface area contributed by atoms with Gasteiger partial charge in [0.05, 0.1) is 18.8 Å². The average molecular weight is 244 g/mol. The van der Waals surface area contributed by atoms with E-state index < -0.39 is 0 Å². The number of aromatic nitrogens is 1. The monoisotopic (exact) mass is 244 g/mol. The normalized spacial score (nSPS) is 13.1. The molecule has 1 heterocycles. The zero-order chi connectivity index (χ0) is 13.0. The lowest BCUT2D eigenvalue weighted by Gasteiger charge is -2.20. The van der Waals surface area contributed by atoms with Crippen molar-refractivity contribution in [3.8, 4) is 0 Å². The number of pyridine rings is 1. The quantitative estimate of drug-likeness (QED) is 0.878. The average Bonchev–Trinajstić information content (AvgIpc) is 2.39. The Labute approximate surface area is 108 Å². The SMILES string of the molecule is CNC(COC(C)C)c1cccc2ccncc12. The van der Waals surface area contributed by atoms with Crippen LogP contribution in [0.25, 0.3) is 10.8 Å². The Morgan fingerprint density at radius 3 is 2.83 bits per heavy atom. The third-order valence-electron chi connectivity index (χ3n) is 3.04. The second kappa shape index (κ2) is 5.94. The molecule has 0 spiro atoms. The molecule has 0 fully saturated rings. The van der Waals surface area contributed by atoms with E-state index in [0.717, 1.165) is 0 Å². The van der Waals surface area contributed by atoms with Gasteiger partial charge in [-0.3, -0.25) is 4.98 Å². The van der Waals surface area contributed by atoms with Crippen molar-refractivity contribution in [3.63, 3.8) is 0 Å². The summed E-state index contributed by atoms with van der Waals surface area (Å²) in [6.45, 7) is 4.77. The van der Waals surface area contributed by atoms with Crippen LogP contribution in [0.5, 0.6) is 0 Å². The maximum absolute atomic E-state index is 5.72. The van der Waals surface area contributed by atoms with Crippen LogP contribution in [0.3, 0.4) is 0 Å². The van der Waals surface area contributed by atoms with Gasteiger partial charge in [0.2, 0.25) is 0 Å². The fourth-order valence-corrected chi connectivity index (χ4v) is 2.06. The molecule has 0 aliphatic carbocycles. The van der Waals surface area contributed by atoms with E-state index in [4.69, 9.17) is 4.74 Å². The van der Waals surface area contributed by atoms with E-state index in [1.165, 1.54) is 16.3 Å². The van der Waals surface area contributed by atoms with E-state index in [0.29, 0.717) is 6.61 Å². The van der Waals surface area contributed by atoms with Crippen LogP contribution in [0.2, 0.25) is 0 Å². The summed E-state index contributed by atoms with van der Waals surface area (Å²) < 4.78 is 5.72. The van der Waals surface area contributed by atoms with Crippen molar-refractivity contribution in [3.05, 3.63) is 42.2 Å². The number of fused-ring (bicyclic) bond motifs is 1. The van der Waals surface area contributed by atoms with E-state index >= 15 is 0 Å². The number of rotatable bonds is 5. The topological polar surface area (TPSA) is 34.1 Å². The van der Waals surface area contributed by atoms with Crippen LogP contribution in [0.1, 0.15) is 25.5 Å². The van der Waals surface area contributed by atoms with E-state index in [9.17, 15) is 0 Å². The molecule has 0 saturated carbocycles. The third-order valence-corrected chi connectivity index (χ3v) is 3.04.